The summed E-state index contributed by atoms with van der Waals surface area (Å²) in [5.41, 5.74) is 0.645. The molecule has 6 heteroatoms. The zero-order chi connectivity index (χ0) is 9.26. The van der Waals surface area contributed by atoms with Gasteiger partial charge in [0.2, 0.25) is 0 Å². The van der Waals surface area contributed by atoms with Crippen molar-refractivity contribution in [2.24, 2.45) is 0 Å². The fourth-order valence-electron chi connectivity index (χ4n) is 0.839. The Hall–Kier alpha value is -1.69. The van der Waals surface area contributed by atoms with E-state index in [2.05, 4.69) is 9.53 Å². The quantitative estimate of drug-likeness (QED) is 0.787. The van der Waals surface area contributed by atoms with Crippen molar-refractivity contribution in [2.45, 2.75) is 0 Å². The van der Waals surface area contributed by atoms with Crippen LogP contribution in [0.5, 0.6) is 0 Å². The van der Waals surface area contributed by atoms with Crippen molar-refractivity contribution in [3.8, 4) is 11.3 Å². The molecule has 0 aromatic carbocycles. The lowest BCUT2D eigenvalue weighted by atomic mass is 10.2. The number of aromatic nitrogens is 2. The highest BCUT2D eigenvalue weighted by Crippen LogP contribution is 2.20. The van der Waals surface area contributed by atoms with Gasteiger partial charge < -0.3 is 9.63 Å². The Morgan fingerprint density at radius 3 is 3.00 bits per heavy atom. The van der Waals surface area contributed by atoms with Gasteiger partial charge in [-0.3, -0.25) is 0 Å². The molecule has 0 bridgehead atoms. The Morgan fingerprint density at radius 2 is 2.46 bits per heavy atom. The van der Waals surface area contributed by atoms with Gasteiger partial charge in [0.25, 0.3) is 0 Å². The molecule has 0 saturated carbocycles. The molecule has 0 amide bonds. The standard InChI is InChI=1S/C7H4N2O3S/c10-7(11)5-1-6(12-9-5)4-2-8-13-3-4/h1-3H,(H,10,11). The molecule has 2 rings (SSSR count). The molecule has 13 heavy (non-hydrogen) atoms. The normalized spacial score (nSPS) is 10.2. The van der Waals surface area contributed by atoms with Crippen LogP contribution in [0.4, 0.5) is 0 Å². The monoisotopic (exact) mass is 196 g/mol. The van der Waals surface area contributed by atoms with Gasteiger partial charge in [-0.15, -0.1) is 0 Å². The van der Waals surface area contributed by atoms with Crippen molar-refractivity contribution in [2.75, 3.05) is 0 Å². The maximum atomic E-state index is 10.4. The van der Waals surface area contributed by atoms with Crippen molar-refractivity contribution >= 4 is 17.5 Å². The third kappa shape index (κ3) is 1.43. The summed E-state index contributed by atoms with van der Waals surface area (Å²) in [6.07, 6.45) is 1.59. The van der Waals surface area contributed by atoms with E-state index in [0.717, 1.165) is 5.56 Å². The smallest absolute Gasteiger partial charge is 0.358 e. The molecular weight excluding hydrogens is 192 g/mol. The molecule has 0 fully saturated rings. The zero-order valence-electron chi connectivity index (χ0n) is 6.30. The SMILES string of the molecule is O=C(O)c1cc(-c2cnsc2)on1. The third-order valence-corrected chi connectivity index (χ3v) is 2.03. The number of aromatic carboxylic acids is 1. The molecule has 0 atom stereocenters. The van der Waals surface area contributed by atoms with Crippen LogP contribution in [0.3, 0.4) is 0 Å². The number of carbonyl (C=O) groups is 1. The van der Waals surface area contributed by atoms with E-state index in [1.165, 1.54) is 17.6 Å². The molecule has 0 aliphatic heterocycles. The lowest BCUT2D eigenvalue weighted by Crippen LogP contribution is -1.94. The van der Waals surface area contributed by atoms with E-state index in [-0.39, 0.29) is 5.69 Å². The topological polar surface area (TPSA) is 76.2 Å². The number of carboxylic acid groups (broad SMARTS) is 1. The summed E-state index contributed by atoms with van der Waals surface area (Å²) >= 11 is 1.27. The van der Waals surface area contributed by atoms with Crippen LogP contribution in [-0.4, -0.2) is 20.6 Å². The Bertz CT molecular complexity index is 421. The minimum absolute atomic E-state index is 0.0961. The van der Waals surface area contributed by atoms with E-state index in [1.54, 1.807) is 11.6 Å². The summed E-state index contributed by atoms with van der Waals surface area (Å²) in [5, 5.41) is 13.7. The largest absolute Gasteiger partial charge is 0.476 e. The molecule has 0 radical (unpaired) electrons. The average Bonchev–Trinajstić information content (AvgIpc) is 2.75. The second-order valence-corrected chi connectivity index (χ2v) is 2.95. The first-order chi connectivity index (χ1) is 6.27. The fourth-order valence-corrected chi connectivity index (χ4v) is 1.36. The Morgan fingerprint density at radius 1 is 1.62 bits per heavy atom. The highest BCUT2D eigenvalue weighted by Gasteiger charge is 2.12. The van der Waals surface area contributed by atoms with Crippen LogP contribution in [0.2, 0.25) is 0 Å². The summed E-state index contributed by atoms with van der Waals surface area (Å²) in [7, 11) is 0. The highest BCUT2D eigenvalue weighted by molar-refractivity contribution is 7.03. The first-order valence-electron chi connectivity index (χ1n) is 3.37. The van der Waals surface area contributed by atoms with Crippen LogP contribution in [0.15, 0.2) is 22.2 Å². The van der Waals surface area contributed by atoms with Crippen LogP contribution in [0.25, 0.3) is 11.3 Å². The second-order valence-electron chi connectivity index (χ2n) is 2.29. The lowest BCUT2D eigenvalue weighted by Gasteiger charge is -1.81. The minimum Gasteiger partial charge on any atom is -0.476 e. The molecule has 2 heterocycles. The molecule has 66 valence electrons. The Balaban J connectivity index is 2.39. The summed E-state index contributed by atoms with van der Waals surface area (Å²) in [6.45, 7) is 0. The summed E-state index contributed by atoms with van der Waals surface area (Å²) in [5.74, 6) is -0.677. The van der Waals surface area contributed by atoms with Gasteiger partial charge in [0, 0.05) is 11.4 Å². The molecule has 0 aliphatic rings. The number of rotatable bonds is 2. The van der Waals surface area contributed by atoms with E-state index in [4.69, 9.17) is 9.63 Å². The number of nitrogens with zero attached hydrogens (tertiary/aromatic N) is 2. The molecule has 0 aliphatic carbocycles. The molecule has 5 nitrogen and oxygen atoms in total. The van der Waals surface area contributed by atoms with E-state index >= 15 is 0 Å². The second kappa shape index (κ2) is 2.98. The zero-order valence-corrected chi connectivity index (χ0v) is 7.11. The molecule has 2 aromatic rings. The predicted octanol–water partition coefficient (Wildman–Crippen LogP) is 1.50. The van der Waals surface area contributed by atoms with Crippen LogP contribution in [0.1, 0.15) is 10.5 Å². The summed E-state index contributed by atoms with van der Waals surface area (Å²) in [4.78, 5) is 10.4. The van der Waals surface area contributed by atoms with Gasteiger partial charge in [-0.25, -0.2) is 9.17 Å². The number of hydrogen-bond donors (Lipinski definition) is 1. The first-order valence-corrected chi connectivity index (χ1v) is 4.21. The summed E-state index contributed by atoms with van der Waals surface area (Å²) in [6, 6.07) is 1.37. The van der Waals surface area contributed by atoms with Gasteiger partial charge in [-0.2, -0.15) is 0 Å². The molecular formula is C7H4N2O3S. The Labute approximate surface area is 76.8 Å². The van der Waals surface area contributed by atoms with Crippen molar-refractivity contribution < 1.29 is 14.4 Å². The lowest BCUT2D eigenvalue weighted by molar-refractivity contribution is 0.0686. The molecule has 0 saturated heterocycles. The molecule has 1 N–H and O–H groups in total. The predicted molar refractivity (Wildman–Crippen MR) is 44.6 cm³/mol. The van der Waals surface area contributed by atoms with Gasteiger partial charge in [-0.05, 0) is 11.5 Å². The highest BCUT2D eigenvalue weighted by atomic mass is 32.1. The van der Waals surface area contributed by atoms with Crippen molar-refractivity contribution in [1.29, 1.82) is 0 Å². The molecule has 0 unspecified atom stereocenters. The maximum absolute atomic E-state index is 10.4. The van der Waals surface area contributed by atoms with Crippen LogP contribution < -0.4 is 0 Å². The number of hydrogen-bond acceptors (Lipinski definition) is 5. The maximum Gasteiger partial charge on any atom is 0.358 e. The molecule has 2 aromatic heterocycles. The van der Waals surface area contributed by atoms with E-state index in [0.29, 0.717) is 5.76 Å². The molecule has 0 spiro atoms. The summed E-state index contributed by atoms with van der Waals surface area (Å²) < 4.78 is 8.67. The van der Waals surface area contributed by atoms with E-state index in [1.807, 2.05) is 0 Å². The van der Waals surface area contributed by atoms with Gasteiger partial charge >= 0.3 is 5.97 Å². The van der Waals surface area contributed by atoms with Gasteiger partial charge in [-0.1, -0.05) is 5.16 Å². The fraction of sp³-hybridized carbons (Fsp3) is 0. The first kappa shape index (κ1) is 7.93. The number of carboxylic acids is 1. The van der Waals surface area contributed by atoms with Crippen molar-refractivity contribution in [3.05, 3.63) is 23.3 Å². The van der Waals surface area contributed by atoms with Crippen LogP contribution in [-0.2, 0) is 0 Å². The van der Waals surface area contributed by atoms with E-state index < -0.39 is 5.97 Å². The third-order valence-electron chi connectivity index (χ3n) is 1.45. The Kier molecular flexibility index (Phi) is 1.82. The van der Waals surface area contributed by atoms with Crippen molar-refractivity contribution in [3.63, 3.8) is 0 Å². The minimum atomic E-state index is -1.10. The van der Waals surface area contributed by atoms with Crippen LogP contribution in [0, 0.1) is 0 Å². The van der Waals surface area contributed by atoms with E-state index in [9.17, 15) is 4.79 Å². The van der Waals surface area contributed by atoms with Gasteiger partial charge in [0.15, 0.2) is 11.5 Å². The van der Waals surface area contributed by atoms with Gasteiger partial charge in [0.1, 0.15) is 0 Å². The average molecular weight is 196 g/mol. The van der Waals surface area contributed by atoms with Crippen LogP contribution >= 0.6 is 11.5 Å². The van der Waals surface area contributed by atoms with Crippen molar-refractivity contribution in [1.82, 2.24) is 9.53 Å². The van der Waals surface area contributed by atoms with Gasteiger partial charge in [0.05, 0.1) is 11.8 Å².